The van der Waals surface area contributed by atoms with Crippen LogP contribution in [-0.2, 0) is 11.3 Å². The van der Waals surface area contributed by atoms with Gasteiger partial charge in [-0.3, -0.25) is 9.89 Å². The SMILES string of the molecule is O=C(Nc1cc(-c2ccc3ncn(Cc4ccccc4)c3c2)[nH]n1)c1ccccc1N1CCOCC1. The number of aromatic nitrogens is 4. The molecule has 0 aliphatic carbocycles. The first kappa shape index (κ1) is 22.1. The molecule has 2 aromatic heterocycles. The highest BCUT2D eigenvalue weighted by molar-refractivity contribution is 6.08. The number of anilines is 2. The molecule has 8 heteroatoms. The second kappa shape index (κ2) is 9.67. The molecule has 1 saturated heterocycles. The van der Waals surface area contributed by atoms with Crippen molar-refractivity contribution >= 4 is 28.4 Å². The van der Waals surface area contributed by atoms with Gasteiger partial charge in [-0.05, 0) is 29.8 Å². The van der Waals surface area contributed by atoms with Crippen molar-refractivity contribution in [1.29, 1.82) is 0 Å². The van der Waals surface area contributed by atoms with Gasteiger partial charge in [0.15, 0.2) is 5.82 Å². The molecular weight excluding hydrogens is 452 g/mol. The zero-order valence-corrected chi connectivity index (χ0v) is 19.7. The lowest BCUT2D eigenvalue weighted by Crippen LogP contribution is -2.37. The van der Waals surface area contributed by atoms with Crippen LogP contribution in [0.25, 0.3) is 22.3 Å². The number of imidazole rings is 1. The van der Waals surface area contributed by atoms with E-state index in [1.807, 2.05) is 67.0 Å². The minimum atomic E-state index is -0.188. The average Bonchev–Trinajstić information content (AvgIpc) is 3.56. The number of amides is 1. The fourth-order valence-electron chi connectivity index (χ4n) is 4.59. The first-order chi connectivity index (χ1) is 17.7. The van der Waals surface area contributed by atoms with Crippen LogP contribution in [0.15, 0.2) is 85.2 Å². The largest absolute Gasteiger partial charge is 0.378 e. The molecule has 3 aromatic carbocycles. The maximum Gasteiger partial charge on any atom is 0.258 e. The Balaban J connectivity index is 1.22. The molecule has 1 aliphatic rings. The molecular formula is C28H26N6O2. The van der Waals surface area contributed by atoms with Crippen LogP contribution in [0.3, 0.4) is 0 Å². The van der Waals surface area contributed by atoms with E-state index in [0.29, 0.717) is 24.6 Å². The Kier molecular flexibility index (Phi) is 5.93. The van der Waals surface area contributed by atoms with Crippen molar-refractivity contribution in [3.8, 4) is 11.3 Å². The summed E-state index contributed by atoms with van der Waals surface area (Å²) in [5.74, 6) is 0.288. The molecule has 3 heterocycles. The first-order valence-electron chi connectivity index (χ1n) is 12.0. The molecule has 0 unspecified atom stereocenters. The van der Waals surface area contributed by atoms with Crippen molar-refractivity contribution in [1.82, 2.24) is 19.7 Å². The third-order valence-corrected chi connectivity index (χ3v) is 6.45. The number of ether oxygens (including phenoxy) is 1. The van der Waals surface area contributed by atoms with E-state index in [2.05, 4.69) is 48.2 Å². The molecule has 36 heavy (non-hydrogen) atoms. The molecule has 5 aromatic rings. The molecule has 180 valence electrons. The molecule has 1 amide bonds. The molecule has 0 saturated carbocycles. The highest BCUT2D eigenvalue weighted by atomic mass is 16.5. The number of hydrogen-bond acceptors (Lipinski definition) is 5. The Hall–Kier alpha value is -4.43. The molecule has 1 aliphatic heterocycles. The van der Waals surface area contributed by atoms with Crippen LogP contribution in [-0.4, -0.2) is 52.0 Å². The van der Waals surface area contributed by atoms with Gasteiger partial charge in [-0.25, -0.2) is 4.98 Å². The van der Waals surface area contributed by atoms with Crippen LogP contribution >= 0.6 is 0 Å². The number of morpholine rings is 1. The molecule has 0 spiro atoms. The highest BCUT2D eigenvalue weighted by Crippen LogP contribution is 2.26. The van der Waals surface area contributed by atoms with E-state index in [1.165, 1.54) is 5.56 Å². The van der Waals surface area contributed by atoms with Crippen LogP contribution in [0.4, 0.5) is 11.5 Å². The summed E-state index contributed by atoms with van der Waals surface area (Å²) in [4.78, 5) is 19.9. The molecule has 0 radical (unpaired) electrons. The highest BCUT2D eigenvalue weighted by Gasteiger charge is 2.19. The van der Waals surface area contributed by atoms with Crippen molar-refractivity contribution in [2.24, 2.45) is 0 Å². The molecule has 2 N–H and O–H groups in total. The molecule has 1 fully saturated rings. The number of carbonyl (C=O) groups excluding carboxylic acids is 1. The van der Waals surface area contributed by atoms with E-state index < -0.39 is 0 Å². The van der Waals surface area contributed by atoms with Crippen LogP contribution < -0.4 is 10.2 Å². The summed E-state index contributed by atoms with van der Waals surface area (Å²) in [5, 5.41) is 10.4. The van der Waals surface area contributed by atoms with E-state index in [-0.39, 0.29) is 5.91 Å². The minimum Gasteiger partial charge on any atom is -0.378 e. The third kappa shape index (κ3) is 4.46. The summed E-state index contributed by atoms with van der Waals surface area (Å²) in [7, 11) is 0. The number of H-pyrrole nitrogens is 1. The van der Waals surface area contributed by atoms with Crippen molar-refractivity contribution in [3.63, 3.8) is 0 Å². The Bertz CT molecular complexity index is 1500. The Morgan fingerprint density at radius 3 is 2.64 bits per heavy atom. The summed E-state index contributed by atoms with van der Waals surface area (Å²) in [6.45, 7) is 3.59. The average molecular weight is 479 g/mol. The van der Waals surface area contributed by atoms with Gasteiger partial charge in [0.05, 0.1) is 41.8 Å². The number of para-hydroxylation sites is 1. The zero-order chi connectivity index (χ0) is 24.3. The standard InChI is InChI=1S/C28H26N6O2/c35-28(22-8-4-5-9-25(22)33-12-14-36-15-13-33)30-27-17-24(31-32-27)21-10-11-23-26(16-21)34(19-29-23)18-20-6-2-1-3-7-20/h1-11,16-17,19H,12-15,18H2,(H2,30,31,32,35). The first-order valence-corrected chi connectivity index (χ1v) is 12.0. The fourth-order valence-corrected chi connectivity index (χ4v) is 4.59. The Morgan fingerprint density at radius 1 is 0.972 bits per heavy atom. The monoisotopic (exact) mass is 478 g/mol. The summed E-state index contributed by atoms with van der Waals surface area (Å²) in [6, 6.07) is 25.9. The van der Waals surface area contributed by atoms with Gasteiger partial charge in [-0.2, -0.15) is 5.10 Å². The molecule has 0 atom stereocenters. The van der Waals surface area contributed by atoms with Crippen LogP contribution in [0.1, 0.15) is 15.9 Å². The summed E-state index contributed by atoms with van der Waals surface area (Å²) >= 11 is 0. The van der Waals surface area contributed by atoms with Crippen LogP contribution in [0, 0.1) is 0 Å². The normalized spacial score (nSPS) is 13.7. The topological polar surface area (TPSA) is 88.1 Å². The van der Waals surface area contributed by atoms with Crippen LogP contribution in [0.2, 0.25) is 0 Å². The minimum absolute atomic E-state index is 0.188. The Morgan fingerprint density at radius 2 is 1.78 bits per heavy atom. The number of hydrogen-bond donors (Lipinski definition) is 2. The maximum absolute atomic E-state index is 13.1. The number of nitrogens with zero attached hydrogens (tertiary/aromatic N) is 4. The van der Waals surface area contributed by atoms with Crippen LogP contribution in [0.5, 0.6) is 0 Å². The predicted molar refractivity (Wildman–Crippen MR) is 140 cm³/mol. The van der Waals surface area contributed by atoms with Crippen molar-refractivity contribution in [2.75, 3.05) is 36.5 Å². The quantitative estimate of drug-likeness (QED) is 0.373. The van der Waals surface area contributed by atoms with Gasteiger partial charge >= 0.3 is 0 Å². The van der Waals surface area contributed by atoms with Crippen molar-refractivity contribution in [2.45, 2.75) is 6.54 Å². The lowest BCUT2D eigenvalue weighted by Gasteiger charge is -2.30. The molecule has 8 nitrogen and oxygen atoms in total. The predicted octanol–water partition coefficient (Wildman–Crippen LogP) is 4.56. The number of rotatable bonds is 6. The van der Waals surface area contributed by atoms with E-state index in [0.717, 1.165) is 47.6 Å². The third-order valence-electron chi connectivity index (χ3n) is 6.45. The molecule has 0 bridgehead atoms. The number of aromatic amines is 1. The fraction of sp³-hybridized carbons (Fsp3) is 0.179. The smallest absolute Gasteiger partial charge is 0.258 e. The summed E-state index contributed by atoms with van der Waals surface area (Å²) < 4.78 is 7.59. The van der Waals surface area contributed by atoms with Gasteiger partial charge in [-0.1, -0.05) is 48.5 Å². The van der Waals surface area contributed by atoms with E-state index in [1.54, 1.807) is 0 Å². The maximum atomic E-state index is 13.1. The lowest BCUT2D eigenvalue weighted by atomic mass is 10.1. The van der Waals surface area contributed by atoms with Gasteiger partial charge in [0.25, 0.3) is 5.91 Å². The van der Waals surface area contributed by atoms with E-state index in [9.17, 15) is 4.79 Å². The number of carbonyl (C=O) groups is 1. The van der Waals surface area contributed by atoms with Gasteiger partial charge in [0, 0.05) is 37.0 Å². The lowest BCUT2D eigenvalue weighted by molar-refractivity contribution is 0.102. The van der Waals surface area contributed by atoms with Gasteiger partial charge in [-0.15, -0.1) is 0 Å². The zero-order valence-electron chi connectivity index (χ0n) is 19.7. The van der Waals surface area contributed by atoms with Gasteiger partial charge in [0.1, 0.15) is 0 Å². The number of fused-ring (bicyclic) bond motifs is 1. The second-order valence-electron chi connectivity index (χ2n) is 8.80. The van der Waals surface area contributed by atoms with Crippen molar-refractivity contribution in [3.05, 3.63) is 96.3 Å². The Labute approximate surface area is 208 Å². The van der Waals surface area contributed by atoms with Gasteiger partial charge < -0.3 is 19.5 Å². The van der Waals surface area contributed by atoms with Gasteiger partial charge in [0.2, 0.25) is 0 Å². The molecule has 6 rings (SSSR count). The second-order valence-corrected chi connectivity index (χ2v) is 8.80. The van der Waals surface area contributed by atoms with E-state index >= 15 is 0 Å². The number of benzene rings is 3. The number of nitrogens with one attached hydrogen (secondary N) is 2. The van der Waals surface area contributed by atoms with E-state index in [4.69, 9.17) is 4.74 Å². The summed E-state index contributed by atoms with van der Waals surface area (Å²) in [6.07, 6.45) is 1.87. The summed E-state index contributed by atoms with van der Waals surface area (Å²) in [5.41, 5.74) is 6.51. The van der Waals surface area contributed by atoms with Crippen molar-refractivity contribution < 1.29 is 9.53 Å².